The number of carboxylic acids is 1. The van der Waals surface area contributed by atoms with Crippen LogP contribution in [0, 0.1) is 0 Å². The number of carboxylic acid groups (broad SMARTS) is 1. The van der Waals surface area contributed by atoms with Crippen molar-refractivity contribution in [3.05, 3.63) is 35.9 Å². The minimum atomic E-state index is -0.981. The van der Waals surface area contributed by atoms with Crippen molar-refractivity contribution in [3.63, 3.8) is 0 Å². The molecular weight excluding hydrogens is 251 g/mol. The van der Waals surface area contributed by atoms with Gasteiger partial charge in [0.2, 0.25) is 0 Å². The van der Waals surface area contributed by atoms with Crippen LogP contribution in [0.3, 0.4) is 0 Å². The third kappa shape index (κ3) is 6.63. The van der Waals surface area contributed by atoms with Gasteiger partial charge in [-0.1, -0.05) is 30.3 Å². The highest BCUT2D eigenvalue weighted by Crippen LogP contribution is 1.96. The van der Waals surface area contributed by atoms with Crippen LogP contribution in [0.25, 0.3) is 0 Å². The van der Waals surface area contributed by atoms with Gasteiger partial charge in [0.15, 0.2) is 0 Å². The van der Waals surface area contributed by atoms with Gasteiger partial charge in [-0.25, -0.2) is 0 Å². The maximum absolute atomic E-state index is 10.4. The first-order valence-corrected chi connectivity index (χ1v) is 4.43. The van der Waals surface area contributed by atoms with Gasteiger partial charge in [-0.05, 0) is 5.56 Å². The largest absolute Gasteiger partial charge is 0.480 e. The molecule has 1 unspecified atom stereocenters. The summed E-state index contributed by atoms with van der Waals surface area (Å²) in [4.78, 5) is 10.4. The van der Waals surface area contributed by atoms with Crippen LogP contribution in [0.4, 0.5) is 0 Å². The highest BCUT2D eigenvalue weighted by atomic mass is 35.5. The monoisotopic (exact) mass is 266 g/mol. The van der Waals surface area contributed by atoms with Crippen LogP contribution in [0.1, 0.15) is 5.56 Å². The molecule has 0 fully saturated rings. The normalized spacial score (nSPS) is 10.8. The van der Waals surface area contributed by atoms with Crippen LogP contribution in [0.5, 0.6) is 0 Å². The minimum absolute atomic E-state index is 0. The van der Waals surface area contributed by atoms with E-state index >= 15 is 0 Å². The van der Waals surface area contributed by atoms with E-state index in [9.17, 15) is 4.79 Å². The lowest BCUT2D eigenvalue weighted by molar-refractivity contribution is -0.138. The molecule has 0 bridgehead atoms. The highest BCUT2D eigenvalue weighted by Gasteiger charge is 2.09. The molecule has 0 spiro atoms. The van der Waals surface area contributed by atoms with Crippen LogP contribution < -0.4 is 11.1 Å². The molecule has 16 heavy (non-hydrogen) atoms. The molecule has 1 atom stereocenters. The van der Waals surface area contributed by atoms with Gasteiger partial charge >= 0.3 is 5.97 Å². The zero-order valence-corrected chi connectivity index (χ0v) is 10.3. The van der Waals surface area contributed by atoms with E-state index in [4.69, 9.17) is 10.8 Å². The van der Waals surface area contributed by atoms with Crippen LogP contribution in [-0.2, 0) is 11.3 Å². The van der Waals surface area contributed by atoms with E-state index in [0.717, 1.165) is 5.56 Å². The third-order valence-electron chi connectivity index (χ3n) is 1.85. The van der Waals surface area contributed by atoms with Gasteiger partial charge in [-0.2, -0.15) is 0 Å². The molecule has 0 saturated carbocycles. The first-order chi connectivity index (χ1) is 6.70. The second-order valence-corrected chi connectivity index (χ2v) is 3.06. The van der Waals surface area contributed by atoms with Crippen LogP contribution in [-0.4, -0.2) is 23.7 Å². The summed E-state index contributed by atoms with van der Waals surface area (Å²) >= 11 is 0. The highest BCUT2D eigenvalue weighted by molar-refractivity contribution is 5.85. The molecule has 1 aromatic rings. The number of benzene rings is 1. The van der Waals surface area contributed by atoms with Gasteiger partial charge in [0.1, 0.15) is 6.04 Å². The summed E-state index contributed by atoms with van der Waals surface area (Å²) in [6, 6.07) is 8.92. The Morgan fingerprint density at radius 3 is 2.38 bits per heavy atom. The molecule has 1 aromatic carbocycles. The molecule has 92 valence electrons. The van der Waals surface area contributed by atoms with Gasteiger partial charge < -0.3 is 16.2 Å². The molecule has 0 aliphatic carbocycles. The van der Waals surface area contributed by atoms with Crippen LogP contribution in [0.2, 0.25) is 0 Å². The van der Waals surface area contributed by atoms with Crippen molar-refractivity contribution in [2.24, 2.45) is 5.73 Å². The summed E-state index contributed by atoms with van der Waals surface area (Å²) in [5.74, 6) is -0.981. The number of halogens is 2. The van der Waals surface area contributed by atoms with Crippen molar-refractivity contribution in [3.8, 4) is 0 Å². The number of nitrogens with two attached hydrogens (primary N) is 1. The van der Waals surface area contributed by atoms with Crippen molar-refractivity contribution in [2.45, 2.75) is 12.6 Å². The van der Waals surface area contributed by atoms with Crippen molar-refractivity contribution < 1.29 is 9.90 Å². The quantitative estimate of drug-likeness (QED) is 0.745. The summed E-state index contributed by atoms with van der Waals surface area (Å²) in [5.41, 5.74) is 6.43. The van der Waals surface area contributed by atoms with Crippen molar-refractivity contribution in [1.82, 2.24) is 5.32 Å². The van der Waals surface area contributed by atoms with Gasteiger partial charge in [0.05, 0.1) is 0 Å². The molecule has 0 saturated heterocycles. The first kappa shape index (κ1) is 17.6. The van der Waals surface area contributed by atoms with Gasteiger partial charge in [0, 0.05) is 13.1 Å². The first-order valence-electron chi connectivity index (χ1n) is 4.43. The summed E-state index contributed by atoms with van der Waals surface area (Å²) in [5, 5.41) is 11.5. The van der Waals surface area contributed by atoms with E-state index in [1.54, 1.807) is 0 Å². The molecular formula is C10H16Cl2N2O2. The van der Waals surface area contributed by atoms with E-state index in [0.29, 0.717) is 6.54 Å². The van der Waals surface area contributed by atoms with Gasteiger partial charge in [-0.3, -0.25) is 4.79 Å². The fraction of sp³-hybridized carbons (Fsp3) is 0.300. The number of carbonyl (C=O) groups is 1. The molecule has 1 rings (SSSR count). The van der Waals surface area contributed by atoms with E-state index < -0.39 is 12.0 Å². The topological polar surface area (TPSA) is 75.3 Å². The minimum Gasteiger partial charge on any atom is -0.480 e. The lowest BCUT2D eigenvalue weighted by Gasteiger charge is -2.07. The zero-order valence-electron chi connectivity index (χ0n) is 8.63. The Morgan fingerprint density at radius 2 is 1.88 bits per heavy atom. The fourth-order valence-corrected chi connectivity index (χ4v) is 1.06. The van der Waals surface area contributed by atoms with Crippen LogP contribution in [0.15, 0.2) is 30.3 Å². The molecule has 0 radical (unpaired) electrons. The molecule has 6 heteroatoms. The van der Waals surface area contributed by atoms with Crippen molar-refractivity contribution in [2.75, 3.05) is 6.54 Å². The number of hydrogen-bond donors (Lipinski definition) is 3. The van der Waals surface area contributed by atoms with E-state index in [2.05, 4.69) is 5.32 Å². The number of nitrogens with one attached hydrogen (secondary N) is 1. The van der Waals surface area contributed by atoms with Crippen molar-refractivity contribution in [1.29, 1.82) is 0 Å². The molecule has 0 aliphatic rings. The smallest absolute Gasteiger partial charge is 0.321 e. The predicted molar refractivity (Wildman–Crippen MR) is 68.3 cm³/mol. The van der Waals surface area contributed by atoms with E-state index in [1.165, 1.54) is 0 Å². The Hall–Kier alpha value is -0.810. The second-order valence-electron chi connectivity index (χ2n) is 3.06. The summed E-state index contributed by atoms with van der Waals surface area (Å²) in [6.45, 7) is 0.923. The maximum atomic E-state index is 10.4. The lowest BCUT2D eigenvalue weighted by Crippen LogP contribution is -2.40. The maximum Gasteiger partial charge on any atom is 0.321 e. The van der Waals surface area contributed by atoms with Crippen molar-refractivity contribution >= 4 is 30.8 Å². The SMILES string of the molecule is Cl.Cl.NC(CNCc1ccccc1)C(=O)O. The Morgan fingerprint density at radius 1 is 1.31 bits per heavy atom. The average Bonchev–Trinajstić information content (AvgIpc) is 2.19. The Balaban J connectivity index is 0. The summed E-state index contributed by atoms with van der Waals surface area (Å²) in [7, 11) is 0. The number of hydrogen-bond acceptors (Lipinski definition) is 3. The number of aliphatic carboxylic acids is 1. The van der Waals surface area contributed by atoms with E-state index in [-0.39, 0.29) is 31.4 Å². The number of rotatable bonds is 5. The molecule has 0 aliphatic heterocycles. The molecule has 0 aromatic heterocycles. The third-order valence-corrected chi connectivity index (χ3v) is 1.85. The summed E-state index contributed by atoms with van der Waals surface area (Å²) < 4.78 is 0. The molecule has 0 heterocycles. The zero-order chi connectivity index (χ0) is 10.4. The molecule has 0 amide bonds. The molecule has 4 N–H and O–H groups in total. The summed E-state index contributed by atoms with van der Waals surface area (Å²) in [6.07, 6.45) is 0. The Bertz CT molecular complexity index is 296. The second kappa shape index (κ2) is 9.42. The van der Waals surface area contributed by atoms with Gasteiger partial charge in [-0.15, -0.1) is 24.8 Å². The fourth-order valence-electron chi connectivity index (χ4n) is 1.06. The molecule has 4 nitrogen and oxygen atoms in total. The van der Waals surface area contributed by atoms with Crippen LogP contribution >= 0.6 is 24.8 Å². The predicted octanol–water partition coefficient (Wildman–Crippen LogP) is 1.03. The van der Waals surface area contributed by atoms with Gasteiger partial charge in [0.25, 0.3) is 0 Å². The average molecular weight is 267 g/mol. The Kier molecular flexibility index (Phi) is 10.3. The lowest BCUT2D eigenvalue weighted by atomic mass is 10.2. The standard InChI is InChI=1S/C10H14N2O2.2ClH/c11-9(10(13)14)7-12-6-8-4-2-1-3-5-8;;/h1-5,9,12H,6-7,11H2,(H,13,14);2*1H. The van der Waals surface area contributed by atoms with E-state index in [1.807, 2.05) is 30.3 Å². The Labute approximate surface area is 107 Å².